The predicted molar refractivity (Wildman–Crippen MR) is 83.5 cm³/mol. The fraction of sp³-hybridized carbons (Fsp3) is 0.438. The summed E-state index contributed by atoms with van der Waals surface area (Å²) in [5, 5.41) is 23.6. The third-order valence-corrected chi connectivity index (χ3v) is 3.16. The van der Waals surface area contributed by atoms with Gasteiger partial charge >= 0.3 is 6.09 Å². The Kier molecular flexibility index (Phi) is 4.73. The zero-order valence-electron chi connectivity index (χ0n) is 13.0. The molecule has 0 spiro atoms. The minimum atomic E-state index is -1.13. The minimum absolute atomic E-state index is 0.102. The first kappa shape index (κ1) is 16.3. The zero-order valence-corrected chi connectivity index (χ0v) is 13.0. The summed E-state index contributed by atoms with van der Waals surface area (Å²) in [5.41, 5.74) is 0.864. The average Bonchev–Trinajstić information content (AvgIpc) is 2.86. The molecule has 22 heavy (non-hydrogen) atoms. The Hall–Kier alpha value is -2.05. The van der Waals surface area contributed by atoms with Gasteiger partial charge in [-0.05, 0) is 26.8 Å². The van der Waals surface area contributed by atoms with E-state index in [1.165, 1.54) is 0 Å². The predicted octanol–water partition coefficient (Wildman–Crippen LogP) is 2.09. The minimum Gasteiger partial charge on any atom is -0.444 e. The van der Waals surface area contributed by atoms with Crippen molar-refractivity contribution in [3.8, 4) is 0 Å². The Morgan fingerprint density at radius 1 is 1.32 bits per heavy atom. The molecular weight excluding hydrogens is 284 g/mol. The Morgan fingerprint density at radius 3 is 2.68 bits per heavy atom. The molecule has 0 saturated heterocycles. The summed E-state index contributed by atoms with van der Waals surface area (Å²) in [7, 11) is 0. The number of aliphatic hydroxyl groups excluding tert-OH is 2. The van der Waals surface area contributed by atoms with Crippen LogP contribution < -0.4 is 5.32 Å². The lowest BCUT2D eigenvalue weighted by atomic mass is 10.0. The summed E-state index contributed by atoms with van der Waals surface area (Å²) in [5.74, 6) is 0. The number of nitrogens with one attached hydrogen (secondary N) is 2. The van der Waals surface area contributed by atoms with Crippen LogP contribution in [-0.4, -0.2) is 39.5 Å². The number of H-pyrrole nitrogens is 1. The fourth-order valence-electron chi connectivity index (χ4n) is 2.16. The molecule has 1 amide bonds. The van der Waals surface area contributed by atoms with Gasteiger partial charge in [0.1, 0.15) is 17.8 Å². The smallest absolute Gasteiger partial charge is 0.407 e. The van der Waals surface area contributed by atoms with Crippen LogP contribution in [0.3, 0.4) is 0 Å². The van der Waals surface area contributed by atoms with Gasteiger partial charge in [-0.1, -0.05) is 18.2 Å². The summed E-state index contributed by atoms with van der Waals surface area (Å²) in [6.45, 7) is 5.16. The molecule has 2 unspecified atom stereocenters. The van der Waals surface area contributed by atoms with Gasteiger partial charge in [0, 0.05) is 29.2 Å². The Labute approximate surface area is 129 Å². The van der Waals surface area contributed by atoms with E-state index in [0.29, 0.717) is 5.56 Å². The van der Waals surface area contributed by atoms with Gasteiger partial charge in [-0.2, -0.15) is 0 Å². The molecular formula is C16H22N2O4. The summed E-state index contributed by atoms with van der Waals surface area (Å²) < 4.78 is 5.08. The number of carbonyl (C=O) groups is 1. The maximum atomic E-state index is 11.6. The summed E-state index contributed by atoms with van der Waals surface area (Å²) in [6, 6.07) is 7.49. The van der Waals surface area contributed by atoms with Crippen LogP contribution >= 0.6 is 0 Å². The van der Waals surface area contributed by atoms with Crippen LogP contribution in [-0.2, 0) is 4.74 Å². The number of amides is 1. The number of hydrogen-bond acceptors (Lipinski definition) is 4. The highest BCUT2D eigenvalue weighted by Crippen LogP contribution is 2.25. The Morgan fingerprint density at radius 2 is 2.00 bits per heavy atom. The second-order valence-electron chi connectivity index (χ2n) is 6.18. The molecule has 0 radical (unpaired) electrons. The van der Waals surface area contributed by atoms with Crippen LogP contribution in [0.4, 0.5) is 4.79 Å². The van der Waals surface area contributed by atoms with Crippen LogP contribution in [0.1, 0.15) is 32.4 Å². The molecule has 0 aliphatic carbocycles. The van der Waals surface area contributed by atoms with E-state index in [1.54, 1.807) is 27.0 Å². The maximum Gasteiger partial charge on any atom is 0.407 e. The van der Waals surface area contributed by atoms with Crippen molar-refractivity contribution in [3.05, 3.63) is 36.0 Å². The number of aromatic nitrogens is 1. The van der Waals surface area contributed by atoms with E-state index in [9.17, 15) is 15.0 Å². The molecule has 2 rings (SSSR count). The molecule has 6 heteroatoms. The Balaban J connectivity index is 1.98. The van der Waals surface area contributed by atoms with E-state index in [0.717, 1.165) is 10.9 Å². The first-order valence-electron chi connectivity index (χ1n) is 7.17. The molecule has 0 saturated carbocycles. The van der Waals surface area contributed by atoms with E-state index in [-0.39, 0.29) is 6.54 Å². The molecule has 120 valence electrons. The number of para-hydroxylation sites is 1. The number of aromatic amines is 1. The number of benzene rings is 1. The van der Waals surface area contributed by atoms with E-state index >= 15 is 0 Å². The molecule has 6 nitrogen and oxygen atoms in total. The SMILES string of the molecule is CC(C)(C)OC(=O)NCC(O)C(O)c1c[nH]c2ccccc12. The number of alkyl carbamates (subject to hydrolysis) is 1. The number of ether oxygens (including phenoxy) is 1. The molecule has 1 heterocycles. The van der Waals surface area contributed by atoms with Crippen LogP contribution in [0.5, 0.6) is 0 Å². The standard InChI is InChI=1S/C16H22N2O4/c1-16(2,3)22-15(21)18-9-13(19)14(20)11-8-17-12-7-5-4-6-10(11)12/h4-8,13-14,17,19-20H,9H2,1-3H3,(H,18,21). The molecule has 0 fully saturated rings. The first-order chi connectivity index (χ1) is 10.3. The summed E-state index contributed by atoms with van der Waals surface area (Å²) in [6.07, 6.45) is -1.21. The van der Waals surface area contributed by atoms with Crippen LogP contribution in [0, 0.1) is 0 Å². The summed E-state index contributed by atoms with van der Waals surface area (Å²) in [4.78, 5) is 14.6. The number of carbonyl (C=O) groups excluding carboxylic acids is 1. The fourth-order valence-corrected chi connectivity index (χ4v) is 2.16. The number of fused-ring (bicyclic) bond motifs is 1. The van der Waals surface area contributed by atoms with Gasteiger partial charge in [-0.25, -0.2) is 4.79 Å². The lowest BCUT2D eigenvalue weighted by molar-refractivity contribution is 0.0136. The van der Waals surface area contributed by atoms with Gasteiger partial charge in [-0.15, -0.1) is 0 Å². The van der Waals surface area contributed by atoms with Crippen molar-refractivity contribution in [1.29, 1.82) is 0 Å². The van der Waals surface area contributed by atoms with Crippen molar-refractivity contribution < 1.29 is 19.7 Å². The van der Waals surface area contributed by atoms with Gasteiger partial charge in [0.05, 0.1) is 0 Å². The normalized spacial score (nSPS) is 14.6. The van der Waals surface area contributed by atoms with Crippen molar-refractivity contribution in [3.63, 3.8) is 0 Å². The third kappa shape index (κ3) is 3.99. The average molecular weight is 306 g/mol. The molecule has 1 aromatic carbocycles. The molecule has 2 atom stereocenters. The highest BCUT2D eigenvalue weighted by Gasteiger charge is 2.23. The Bertz CT molecular complexity index is 645. The first-order valence-corrected chi connectivity index (χ1v) is 7.17. The molecule has 2 aromatic rings. The van der Waals surface area contributed by atoms with E-state index < -0.39 is 23.9 Å². The van der Waals surface area contributed by atoms with Gasteiger partial charge < -0.3 is 25.3 Å². The van der Waals surface area contributed by atoms with Gasteiger partial charge in [0.25, 0.3) is 0 Å². The van der Waals surface area contributed by atoms with Crippen molar-refractivity contribution >= 4 is 17.0 Å². The van der Waals surface area contributed by atoms with Crippen molar-refractivity contribution in [2.24, 2.45) is 0 Å². The van der Waals surface area contributed by atoms with Gasteiger partial charge in [0.2, 0.25) is 0 Å². The molecule has 0 aliphatic heterocycles. The van der Waals surface area contributed by atoms with Gasteiger partial charge in [0.15, 0.2) is 0 Å². The van der Waals surface area contributed by atoms with Crippen LogP contribution in [0.15, 0.2) is 30.5 Å². The summed E-state index contributed by atoms with van der Waals surface area (Å²) >= 11 is 0. The number of rotatable bonds is 4. The van der Waals surface area contributed by atoms with Crippen molar-refractivity contribution in [1.82, 2.24) is 10.3 Å². The van der Waals surface area contributed by atoms with E-state index in [1.807, 2.05) is 24.3 Å². The number of aliphatic hydroxyl groups is 2. The lowest BCUT2D eigenvalue weighted by Gasteiger charge is -2.22. The van der Waals surface area contributed by atoms with Crippen molar-refractivity contribution in [2.75, 3.05) is 6.54 Å². The topological polar surface area (TPSA) is 94.6 Å². The highest BCUT2D eigenvalue weighted by molar-refractivity contribution is 5.83. The molecule has 4 N–H and O–H groups in total. The second-order valence-corrected chi connectivity index (χ2v) is 6.18. The second kappa shape index (κ2) is 6.37. The van der Waals surface area contributed by atoms with E-state index in [4.69, 9.17) is 4.74 Å². The monoisotopic (exact) mass is 306 g/mol. The van der Waals surface area contributed by atoms with Crippen LogP contribution in [0.25, 0.3) is 10.9 Å². The van der Waals surface area contributed by atoms with Crippen molar-refractivity contribution in [2.45, 2.75) is 38.6 Å². The number of hydrogen-bond donors (Lipinski definition) is 4. The third-order valence-electron chi connectivity index (χ3n) is 3.16. The van der Waals surface area contributed by atoms with E-state index in [2.05, 4.69) is 10.3 Å². The lowest BCUT2D eigenvalue weighted by Crippen LogP contribution is -2.38. The zero-order chi connectivity index (χ0) is 16.3. The molecule has 0 bridgehead atoms. The molecule has 1 aromatic heterocycles. The van der Waals surface area contributed by atoms with Crippen LogP contribution in [0.2, 0.25) is 0 Å². The quantitative estimate of drug-likeness (QED) is 0.695. The van der Waals surface area contributed by atoms with Gasteiger partial charge in [-0.3, -0.25) is 0 Å². The maximum absolute atomic E-state index is 11.6. The molecule has 0 aliphatic rings. The highest BCUT2D eigenvalue weighted by atomic mass is 16.6. The largest absolute Gasteiger partial charge is 0.444 e.